The van der Waals surface area contributed by atoms with Crippen LogP contribution in [0.2, 0.25) is 0 Å². The minimum Gasteiger partial charge on any atom is -0.380 e. The van der Waals surface area contributed by atoms with Crippen LogP contribution in [0.1, 0.15) is 31.2 Å². The second-order valence-corrected chi connectivity index (χ2v) is 6.03. The number of anilines is 1. The molecular weight excluding hydrogens is 292 g/mol. The first-order chi connectivity index (χ1) is 11.1. The fourth-order valence-electron chi connectivity index (χ4n) is 2.96. The number of nitrogens with zero attached hydrogens (tertiary/aromatic N) is 1. The summed E-state index contributed by atoms with van der Waals surface area (Å²) < 4.78 is 1.55. The van der Waals surface area contributed by atoms with Gasteiger partial charge in [0.15, 0.2) is 0 Å². The number of hydrogen-bond donors (Lipinski definition) is 2. The first-order valence-corrected chi connectivity index (χ1v) is 7.86. The molecule has 1 amide bonds. The second kappa shape index (κ2) is 6.38. The van der Waals surface area contributed by atoms with Crippen molar-refractivity contribution >= 4 is 11.6 Å². The van der Waals surface area contributed by atoms with Gasteiger partial charge in [-0.2, -0.15) is 0 Å². The molecule has 0 bridgehead atoms. The summed E-state index contributed by atoms with van der Waals surface area (Å²) >= 11 is 0. The molecule has 1 aliphatic rings. The molecule has 2 N–H and O–H groups in total. The van der Waals surface area contributed by atoms with Gasteiger partial charge in [-0.3, -0.25) is 9.59 Å². The normalized spacial score (nSPS) is 16.2. The largest absolute Gasteiger partial charge is 0.380 e. The molecule has 5 nitrogen and oxygen atoms in total. The van der Waals surface area contributed by atoms with E-state index in [1.807, 2.05) is 30.3 Å². The molecule has 23 heavy (non-hydrogen) atoms. The lowest BCUT2D eigenvalue weighted by Gasteiger charge is -2.20. The molecule has 2 aromatic rings. The Labute approximate surface area is 134 Å². The third-order valence-corrected chi connectivity index (χ3v) is 4.32. The van der Waals surface area contributed by atoms with Gasteiger partial charge in [-0.15, -0.1) is 0 Å². The van der Waals surface area contributed by atoms with Gasteiger partial charge in [0.2, 0.25) is 0 Å². The van der Waals surface area contributed by atoms with E-state index in [-0.39, 0.29) is 11.2 Å². The van der Waals surface area contributed by atoms with Crippen molar-refractivity contribution in [1.29, 1.82) is 0 Å². The number of carbonyl (C=O) groups is 1. The molecule has 3 rings (SSSR count). The van der Waals surface area contributed by atoms with Crippen molar-refractivity contribution < 1.29 is 9.90 Å². The Morgan fingerprint density at radius 3 is 2.52 bits per heavy atom. The van der Waals surface area contributed by atoms with E-state index in [0.717, 1.165) is 18.4 Å². The predicted molar refractivity (Wildman–Crippen MR) is 88.3 cm³/mol. The van der Waals surface area contributed by atoms with Crippen LogP contribution in [0, 0.1) is 0 Å². The van der Waals surface area contributed by atoms with Crippen LogP contribution in [-0.4, -0.2) is 21.2 Å². The lowest BCUT2D eigenvalue weighted by molar-refractivity contribution is -0.133. The van der Waals surface area contributed by atoms with Crippen LogP contribution >= 0.6 is 0 Å². The highest BCUT2D eigenvalue weighted by Gasteiger charge is 2.39. The summed E-state index contributed by atoms with van der Waals surface area (Å²) in [7, 11) is 0. The van der Waals surface area contributed by atoms with Crippen molar-refractivity contribution in [2.24, 2.45) is 0 Å². The molecule has 1 aliphatic carbocycles. The zero-order valence-corrected chi connectivity index (χ0v) is 12.9. The zero-order valence-electron chi connectivity index (χ0n) is 12.9. The van der Waals surface area contributed by atoms with Crippen molar-refractivity contribution in [3.63, 3.8) is 0 Å². The van der Waals surface area contributed by atoms with E-state index < -0.39 is 11.5 Å². The molecule has 120 valence electrons. The van der Waals surface area contributed by atoms with E-state index in [9.17, 15) is 14.7 Å². The monoisotopic (exact) mass is 312 g/mol. The third kappa shape index (κ3) is 3.35. The fraction of sp³-hybridized carbons (Fsp3) is 0.333. The van der Waals surface area contributed by atoms with Crippen LogP contribution < -0.4 is 10.9 Å². The van der Waals surface area contributed by atoms with Crippen LogP contribution in [0.15, 0.2) is 53.5 Å². The van der Waals surface area contributed by atoms with E-state index in [2.05, 4.69) is 5.32 Å². The lowest BCUT2D eigenvalue weighted by Crippen LogP contribution is -2.41. The Bertz CT molecular complexity index is 746. The van der Waals surface area contributed by atoms with Gasteiger partial charge in [-0.05, 0) is 43.4 Å². The lowest BCUT2D eigenvalue weighted by atomic mass is 10.0. The van der Waals surface area contributed by atoms with E-state index in [0.29, 0.717) is 19.4 Å². The van der Waals surface area contributed by atoms with Gasteiger partial charge < -0.3 is 15.0 Å². The van der Waals surface area contributed by atoms with Gasteiger partial charge in [0.1, 0.15) is 11.3 Å². The Hall–Kier alpha value is -2.40. The maximum Gasteiger partial charge on any atom is 0.274 e. The smallest absolute Gasteiger partial charge is 0.274 e. The summed E-state index contributed by atoms with van der Waals surface area (Å²) in [6, 6.07) is 12.9. The van der Waals surface area contributed by atoms with Crippen LogP contribution in [0.25, 0.3) is 0 Å². The zero-order chi connectivity index (χ0) is 16.3. The maximum atomic E-state index is 12.5. The molecule has 0 spiro atoms. The van der Waals surface area contributed by atoms with Gasteiger partial charge in [0, 0.05) is 6.20 Å². The maximum absolute atomic E-state index is 12.5. The molecule has 1 heterocycles. The molecule has 0 radical (unpaired) electrons. The number of hydrogen-bond acceptors (Lipinski definition) is 3. The number of aromatic nitrogens is 1. The number of aliphatic hydroxyl groups is 1. The highest BCUT2D eigenvalue weighted by atomic mass is 16.3. The van der Waals surface area contributed by atoms with Crippen molar-refractivity contribution in [2.75, 3.05) is 5.32 Å². The quantitative estimate of drug-likeness (QED) is 0.908. The van der Waals surface area contributed by atoms with Crippen LogP contribution in [0.3, 0.4) is 0 Å². The summed E-state index contributed by atoms with van der Waals surface area (Å²) in [5.74, 6) is -0.482. The molecule has 1 saturated carbocycles. The van der Waals surface area contributed by atoms with Crippen molar-refractivity contribution in [3.8, 4) is 0 Å². The number of carbonyl (C=O) groups excluding carboxylic acids is 1. The fourth-order valence-corrected chi connectivity index (χ4v) is 2.96. The van der Waals surface area contributed by atoms with E-state index in [4.69, 9.17) is 0 Å². The Morgan fingerprint density at radius 1 is 1.13 bits per heavy atom. The topological polar surface area (TPSA) is 71.3 Å². The highest BCUT2D eigenvalue weighted by Crippen LogP contribution is 2.30. The van der Waals surface area contributed by atoms with E-state index in [1.165, 1.54) is 0 Å². The molecule has 5 heteroatoms. The molecule has 1 fully saturated rings. The summed E-state index contributed by atoms with van der Waals surface area (Å²) in [5, 5.41) is 12.9. The molecule has 1 aromatic heterocycles. The number of benzene rings is 1. The Kier molecular flexibility index (Phi) is 4.30. The van der Waals surface area contributed by atoms with Crippen molar-refractivity contribution in [1.82, 2.24) is 4.57 Å². The van der Waals surface area contributed by atoms with Crippen LogP contribution in [0.5, 0.6) is 0 Å². The summed E-state index contributed by atoms with van der Waals surface area (Å²) in [6.45, 7) is 0.438. The first-order valence-electron chi connectivity index (χ1n) is 7.86. The summed E-state index contributed by atoms with van der Waals surface area (Å²) in [5.41, 5.74) is -0.403. The number of nitrogens with one attached hydrogen (secondary N) is 1. The minimum absolute atomic E-state index is 0.203. The average molecular weight is 312 g/mol. The van der Waals surface area contributed by atoms with Crippen molar-refractivity contribution in [2.45, 2.75) is 37.8 Å². The van der Waals surface area contributed by atoms with Crippen LogP contribution in [-0.2, 0) is 11.3 Å². The molecule has 0 aliphatic heterocycles. The number of amides is 1. The second-order valence-electron chi connectivity index (χ2n) is 6.03. The summed E-state index contributed by atoms with van der Waals surface area (Å²) in [4.78, 5) is 24.7. The summed E-state index contributed by atoms with van der Waals surface area (Å²) in [6.07, 6.45) is 4.25. The van der Waals surface area contributed by atoms with Gasteiger partial charge in [0.25, 0.3) is 11.5 Å². The van der Waals surface area contributed by atoms with Crippen molar-refractivity contribution in [3.05, 3.63) is 64.6 Å². The standard InChI is InChI=1S/C18H20N2O3/c21-16-15(19-17(22)18(23)10-4-5-11-18)9-6-12-20(16)13-14-7-2-1-3-8-14/h1-3,6-9,12,23H,4-5,10-11,13H2,(H,19,22). The SMILES string of the molecule is O=C(Nc1cccn(Cc2ccccc2)c1=O)C1(O)CCCC1. The van der Waals surface area contributed by atoms with E-state index >= 15 is 0 Å². The molecule has 0 unspecified atom stereocenters. The molecule has 0 saturated heterocycles. The van der Waals surface area contributed by atoms with Gasteiger partial charge in [0.05, 0.1) is 6.54 Å². The minimum atomic E-state index is -1.34. The Balaban J connectivity index is 1.80. The number of pyridine rings is 1. The molecular formula is C18H20N2O3. The Morgan fingerprint density at radius 2 is 1.83 bits per heavy atom. The first kappa shape index (κ1) is 15.5. The highest BCUT2D eigenvalue weighted by molar-refractivity contribution is 5.97. The number of rotatable bonds is 4. The third-order valence-electron chi connectivity index (χ3n) is 4.32. The predicted octanol–water partition coefficient (Wildman–Crippen LogP) is 2.14. The van der Waals surface area contributed by atoms with Gasteiger partial charge >= 0.3 is 0 Å². The van der Waals surface area contributed by atoms with Gasteiger partial charge in [-0.25, -0.2) is 0 Å². The average Bonchev–Trinajstić information content (AvgIpc) is 3.00. The molecule has 1 aromatic carbocycles. The molecule has 0 atom stereocenters. The van der Waals surface area contributed by atoms with Gasteiger partial charge in [-0.1, -0.05) is 30.3 Å². The van der Waals surface area contributed by atoms with E-state index in [1.54, 1.807) is 22.9 Å². The van der Waals surface area contributed by atoms with Crippen LogP contribution in [0.4, 0.5) is 5.69 Å².